The molecule has 0 aromatic heterocycles. The van der Waals surface area contributed by atoms with E-state index in [1.807, 2.05) is 6.92 Å². The van der Waals surface area contributed by atoms with Crippen molar-refractivity contribution in [2.24, 2.45) is 9.98 Å². The van der Waals surface area contributed by atoms with Gasteiger partial charge in [-0.15, -0.1) is 0 Å². The first-order chi connectivity index (χ1) is 5.72. The van der Waals surface area contributed by atoms with Gasteiger partial charge in [0.15, 0.2) is 5.66 Å². The maximum absolute atomic E-state index is 8.45. The average Bonchev–Trinajstić information content (AvgIpc) is 2.45. The molecule has 0 saturated carbocycles. The van der Waals surface area contributed by atoms with Gasteiger partial charge in [0.25, 0.3) is 0 Å². The van der Waals surface area contributed by atoms with Crippen molar-refractivity contribution in [1.29, 1.82) is 5.26 Å². The Hall–Kier alpha value is -1.17. The summed E-state index contributed by atoms with van der Waals surface area (Å²) < 4.78 is 0. The van der Waals surface area contributed by atoms with Crippen LogP contribution in [0.4, 0.5) is 0 Å². The van der Waals surface area contributed by atoms with Crippen LogP contribution in [0, 0.1) is 11.3 Å². The molecule has 0 aromatic rings. The van der Waals surface area contributed by atoms with Crippen LogP contribution in [0.1, 0.15) is 33.1 Å². The molecule has 0 aliphatic carbocycles. The summed E-state index contributed by atoms with van der Waals surface area (Å²) in [6.07, 6.45) is 3.94. The van der Waals surface area contributed by atoms with E-state index in [4.69, 9.17) is 5.26 Å². The van der Waals surface area contributed by atoms with Crippen molar-refractivity contribution >= 4 is 11.9 Å². The molecule has 0 N–H and O–H groups in total. The van der Waals surface area contributed by atoms with Crippen LogP contribution >= 0.6 is 0 Å². The molecule has 1 rings (SSSR count). The molecular weight excluding hydrogens is 150 g/mol. The lowest BCUT2D eigenvalue weighted by molar-refractivity contribution is 0.415. The summed E-state index contributed by atoms with van der Waals surface area (Å²) in [7, 11) is 0. The highest BCUT2D eigenvalue weighted by Crippen LogP contribution is 2.26. The molecule has 1 atom stereocenters. The van der Waals surface area contributed by atoms with E-state index in [-0.39, 0.29) is 5.66 Å². The standard InChI is InChI=1S/C9H13N3/c1-3-9(5-4-6-10)11-7-8(2)12-9/h7H,3-5H2,1-2H3. The molecule has 1 aliphatic heterocycles. The van der Waals surface area contributed by atoms with E-state index in [1.165, 1.54) is 0 Å². The highest BCUT2D eigenvalue weighted by molar-refractivity contribution is 6.30. The Morgan fingerprint density at radius 1 is 1.67 bits per heavy atom. The van der Waals surface area contributed by atoms with Gasteiger partial charge in [-0.05, 0) is 13.3 Å². The van der Waals surface area contributed by atoms with Crippen LogP contribution in [-0.2, 0) is 0 Å². The van der Waals surface area contributed by atoms with Gasteiger partial charge in [0.1, 0.15) is 0 Å². The van der Waals surface area contributed by atoms with Gasteiger partial charge < -0.3 is 0 Å². The second-order valence-corrected chi connectivity index (χ2v) is 3.01. The van der Waals surface area contributed by atoms with E-state index in [9.17, 15) is 0 Å². The number of nitriles is 1. The third-order valence-corrected chi connectivity index (χ3v) is 2.08. The number of hydrogen-bond acceptors (Lipinski definition) is 3. The first-order valence-electron chi connectivity index (χ1n) is 4.21. The lowest BCUT2D eigenvalue weighted by atomic mass is 10.0. The Kier molecular flexibility index (Phi) is 2.59. The van der Waals surface area contributed by atoms with Gasteiger partial charge in [0.2, 0.25) is 0 Å². The van der Waals surface area contributed by atoms with E-state index in [0.717, 1.165) is 18.6 Å². The summed E-state index contributed by atoms with van der Waals surface area (Å²) in [5, 5.41) is 8.45. The van der Waals surface area contributed by atoms with Crippen molar-refractivity contribution in [3.63, 3.8) is 0 Å². The van der Waals surface area contributed by atoms with Gasteiger partial charge in [-0.25, -0.2) is 0 Å². The molecule has 0 amide bonds. The third-order valence-electron chi connectivity index (χ3n) is 2.08. The molecule has 1 aliphatic rings. The number of nitrogens with zero attached hydrogens (tertiary/aromatic N) is 3. The first-order valence-corrected chi connectivity index (χ1v) is 4.21. The van der Waals surface area contributed by atoms with Crippen molar-refractivity contribution < 1.29 is 0 Å². The molecule has 0 aromatic carbocycles. The molecule has 1 heterocycles. The fourth-order valence-corrected chi connectivity index (χ4v) is 1.32. The first kappa shape index (κ1) is 8.92. The fourth-order valence-electron chi connectivity index (χ4n) is 1.32. The summed E-state index contributed by atoms with van der Waals surface area (Å²) in [4.78, 5) is 8.74. The molecule has 12 heavy (non-hydrogen) atoms. The summed E-state index contributed by atoms with van der Waals surface area (Å²) in [5.74, 6) is 0. The molecule has 0 bridgehead atoms. The Bertz CT molecular complexity index is 259. The van der Waals surface area contributed by atoms with Crippen LogP contribution in [0.3, 0.4) is 0 Å². The SMILES string of the molecule is CCC1(CCC#N)N=CC(C)=N1. The molecule has 3 nitrogen and oxygen atoms in total. The van der Waals surface area contributed by atoms with Crippen LogP contribution in [-0.4, -0.2) is 17.6 Å². The largest absolute Gasteiger partial charge is 0.261 e. The minimum atomic E-state index is -0.306. The highest BCUT2D eigenvalue weighted by atomic mass is 15.1. The molecule has 0 radical (unpaired) electrons. The monoisotopic (exact) mass is 163 g/mol. The molecule has 0 fully saturated rings. The quantitative estimate of drug-likeness (QED) is 0.627. The van der Waals surface area contributed by atoms with E-state index in [2.05, 4.69) is 23.0 Å². The summed E-state index contributed by atoms with van der Waals surface area (Å²) in [6, 6.07) is 2.13. The van der Waals surface area contributed by atoms with Gasteiger partial charge in [-0.3, -0.25) is 9.98 Å². The van der Waals surface area contributed by atoms with E-state index in [0.29, 0.717) is 6.42 Å². The minimum absolute atomic E-state index is 0.306. The Morgan fingerprint density at radius 2 is 2.42 bits per heavy atom. The number of rotatable bonds is 3. The Balaban J connectivity index is 2.67. The van der Waals surface area contributed by atoms with Crippen LogP contribution in [0.5, 0.6) is 0 Å². The molecule has 0 saturated heterocycles. The molecule has 3 heteroatoms. The zero-order chi connectivity index (χ0) is 9.03. The topological polar surface area (TPSA) is 48.5 Å². The fraction of sp³-hybridized carbons (Fsp3) is 0.667. The summed E-state index contributed by atoms with van der Waals surface area (Å²) in [5.41, 5.74) is 0.662. The Morgan fingerprint density at radius 3 is 2.83 bits per heavy atom. The molecular formula is C9H13N3. The predicted octanol–water partition coefficient (Wildman–Crippen LogP) is 1.94. The highest BCUT2D eigenvalue weighted by Gasteiger charge is 2.28. The van der Waals surface area contributed by atoms with Crippen molar-refractivity contribution in [1.82, 2.24) is 0 Å². The van der Waals surface area contributed by atoms with Crippen LogP contribution in [0.15, 0.2) is 9.98 Å². The van der Waals surface area contributed by atoms with E-state index < -0.39 is 0 Å². The molecule has 1 unspecified atom stereocenters. The maximum atomic E-state index is 8.45. The van der Waals surface area contributed by atoms with Crippen LogP contribution in [0.2, 0.25) is 0 Å². The van der Waals surface area contributed by atoms with Gasteiger partial charge >= 0.3 is 0 Å². The number of hydrogen-bond donors (Lipinski definition) is 0. The van der Waals surface area contributed by atoms with E-state index in [1.54, 1.807) is 6.21 Å². The Labute approximate surface area is 72.8 Å². The summed E-state index contributed by atoms with van der Waals surface area (Å²) >= 11 is 0. The van der Waals surface area contributed by atoms with Gasteiger partial charge in [0, 0.05) is 19.1 Å². The van der Waals surface area contributed by atoms with Gasteiger partial charge in [-0.1, -0.05) is 6.92 Å². The normalized spacial score (nSPS) is 26.9. The second kappa shape index (κ2) is 3.48. The zero-order valence-corrected chi connectivity index (χ0v) is 7.54. The molecule has 64 valence electrons. The summed E-state index contributed by atoms with van der Waals surface area (Å²) in [6.45, 7) is 3.99. The van der Waals surface area contributed by atoms with Crippen molar-refractivity contribution in [3.8, 4) is 6.07 Å². The smallest absolute Gasteiger partial charge is 0.151 e. The lowest BCUT2D eigenvalue weighted by Gasteiger charge is -2.19. The van der Waals surface area contributed by atoms with E-state index >= 15 is 0 Å². The van der Waals surface area contributed by atoms with Crippen molar-refractivity contribution in [2.45, 2.75) is 38.8 Å². The van der Waals surface area contributed by atoms with Crippen molar-refractivity contribution in [2.75, 3.05) is 0 Å². The lowest BCUT2D eigenvalue weighted by Crippen LogP contribution is -2.20. The average molecular weight is 163 g/mol. The van der Waals surface area contributed by atoms with Gasteiger partial charge in [0.05, 0.1) is 11.8 Å². The van der Waals surface area contributed by atoms with Crippen LogP contribution in [0.25, 0.3) is 0 Å². The third kappa shape index (κ3) is 1.70. The molecule has 0 spiro atoms. The van der Waals surface area contributed by atoms with Gasteiger partial charge in [-0.2, -0.15) is 5.26 Å². The predicted molar refractivity (Wildman–Crippen MR) is 49.5 cm³/mol. The minimum Gasteiger partial charge on any atom is -0.261 e. The number of aliphatic imine (C=N–C) groups is 2. The maximum Gasteiger partial charge on any atom is 0.151 e. The van der Waals surface area contributed by atoms with Crippen molar-refractivity contribution in [3.05, 3.63) is 0 Å². The zero-order valence-electron chi connectivity index (χ0n) is 7.54. The van der Waals surface area contributed by atoms with Crippen LogP contribution < -0.4 is 0 Å². The second-order valence-electron chi connectivity index (χ2n) is 3.01.